The molecule has 0 aliphatic heterocycles. The SMILES string of the molecule is COC(=O)CN(CC(=O)OC)Cc1cn2cccnc2n1. The van der Waals surface area contributed by atoms with Crippen molar-refractivity contribution in [3.63, 3.8) is 0 Å². The van der Waals surface area contributed by atoms with Crippen molar-refractivity contribution in [1.82, 2.24) is 19.3 Å². The van der Waals surface area contributed by atoms with Crippen LogP contribution in [0.25, 0.3) is 5.78 Å². The summed E-state index contributed by atoms with van der Waals surface area (Å²) in [7, 11) is 2.60. The third-order valence-corrected chi connectivity index (χ3v) is 2.83. The number of hydrogen-bond acceptors (Lipinski definition) is 7. The fourth-order valence-electron chi connectivity index (χ4n) is 1.85. The number of hydrogen-bond donors (Lipinski definition) is 0. The van der Waals surface area contributed by atoms with Gasteiger partial charge in [-0.1, -0.05) is 0 Å². The van der Waals surface area contributed by atoms with E-state index in [1.165, 1.54) is 14.2 Å². The minimum atomic E-state index is -0.430. The van der Waals surface area contributed by atoms with Gasteiger partial charge in [-0.05, 0) is 6.07 Å². The Bertz CT molecular complexity index is 589. The van der Waals surface area contributed by atoms with E-state index in [1.54, 1.807) is 27.8 Å². The van der Waals surface area contributed by atoms with Gasteiger partial charge in [-0.3, -0.25) is 18.9 Å². The predicted molar refractivity (Wildman–Crippen MR) is 72.3 cm³/mol. The molecule has 0 bridgehead atoms. The number of ether oxygens (including phenoxy) is 2. The van der Waals surface area contributed by atoms with Crippen molar-refractivity contribution in [1.29, 1.82) is 0 Å². The number of carbonyl (C=O) groups is 2. The molecule has 2 aromatic rings. The van der Waals surface area contributed by atoms with Crippen LogP contribution in [-0.2, 0) is 25.6 Å². The first kappa shape index (κ1) is 14.9. The molecule has 0 fully saturated rings. The lowest BCUT2D eigenvalue weighted by molar-refractivity contribution is -0.145. The second kappa shape index (κ2) is 6.80. The summed E-state index contributed by atoms with van der Waals surface area (Å²) in [5.41, 5.74) is 0.696. The van der Waals surface area contributed by atoms with Gasteiger partial charge in [0.15, 0.2) is 0 Å². The fraction of sp³-hybridized carbons (Fsp3) is 0.385. The van der Waals surface area contributed by atoms with Crippen molar-refractivity contribution >= 4 is 17.7 Å². The first-order valence-electron chi connectivity index (χ1n) is 6.27. The fourth-order valence-corrected chi connectivity index (χ4v) is 1.85. The molecule has 0 saturated carbocycles. The highest BCUT2D eigenvalue weighted by atomic mass is 16.5. The number of nitrogens with zero attached hydrogens (tertiary/aromatic N) is 4. The van der Waals surface area contributed by atoms with Crippen LogP contribution in [0.1, 0.15) is 5.69 Å². The molecule has 0 radical (unpaired) electrons. The summed E-state index contributed by atoms with van der Waals surface area (Å²) in [6.07, 6.45) is 5.26. The van der Waals surface area contributed by atoms with Gasteiger partial charge in [0, 0.05) is 25.1 Å². The molecule has 0 atom stereocenters. The Hall–Kier alpha value is -2.48. The van der Waals surface area contributed by atoms with E-state index in [2.05, 4.69) is 19.4 Å². The molecule has 2 heterocycles. The van der Waals surface area contributed by atoms with Crippen LogP contribution in [0.2, 0.25) is 0 Å². The van der Waals surface area contributed by atoms with Crippen molar-refractivity contribution in [3.8, 4) is 0 Å². The van der Waals surface area contributed by atoms with Crippen molar-refractivity contribution in [2.24, 2.45) is 0 Å². The quantitative estimate of drug-likeness (QED) is 0.686. The number of rotatable bonds is 6. The lowest BCUT2D eigenvalue weighted by Crippen LogP contribution is -2.35. The van der Waals surface area contributed by atoms with Crippen LogP contribution in [0.3, 0.4) is 0 Å². The van der Waals surface area contributed by atoms with Gasteiger partial charge in [0.25, 0.3) is 0 Å². The molecule has 2 aromatic heterocycles. The monoisotopic (exact) mass is 292 g/mol. The standard InChI is InChI=1S/C13H16N4O4/c1-20-11(18)8-16(9-12(19)21-2)6-10-7-17-5-3-4-14-13(17)15-10/h3-5,7H,6,8-9H2,1-2H3. The zero-order valence-electron chi connectivity index (χ0n) is 11.9. The van der Waals surface area contributed by atoms with Gasteiger partial charge in [-0.25, -0.2) is 9.97 Å². The molecule has 0 aliphatic rings. The average molecular weight is 292 g/mol. The summed E-state index contributed by atoms with van der Waals surface area (Å²) in [4.78, 5) is 32.8. The van der Waals surface area contributed by atoms with E-state index in [1.807, 2.05) is 6.20 Å². The number of fused-ring (bicyclic) bond motifs is 1. The summed E-state index contributed by atoms with van der Waals surface area (Å²) in [5, 5.41) is 0. The van der Waals surface area contributed by atoms with Crippen LogP contribution in [0.4, 0.5) is 0 Å². The van der Waals surface area contributed by atoms with Gasteiger partial charge in [-0.2, -0.15) is 0 Å². The van der Waals surface area contributed by atoms with E-state index in [-0.39, 0.29) is 13.1 Å². The lowest BCUT2D eigenvalue weighted by atomic mass is 10.4. The molecule has 0 unspecified atom stereocenters. The Morgan fingerprint density at radius 2 is 1.90 bits per heavy atom. The summed E-state index contributed by atoms with van der Waals surface area (Å²) in [5.74, 6) is -0.301. The second-order valence-electron chi connectivity index (χ2n) is 4.36. The predicted octanol–water partition coefficient (Wildman–Crippen LogP) is -0.123. The van der Waals surface area contributed by atoms with Crippen molar-refractivity contribution < 1.29 is 19.1 Å². The van der Waals surface area contributed by atoms with Crippen LogP contribution in [0, 0.1) is 0 Å². The number of carbonyl (C=O) groups excluding carboxylic acids is 2. The second-order valence-corrected chi connectivity index (χ2v) is 4.36. The number of methoxy groups -OCH3 is 2. The van der Waals surface area contributed by atoms with Gasteiger partial charge in [0.2, 0.25) is 5.78 Å². The largest absolute Gasteiger partial charge is 0.468 e. The zero-order chi connectivity index (χ0) is 15.2. The Balaban J connectivity index is 2.12. The maximum Gasteiger partial charge on any atom is 0.319 e. The van der Waals surface area contributed by atoms with Crippen LogP contribution in [0.15, 0.2) is 24.7 Å². The van der Waals surface area contributed by atoms with E-state index in [4.69, 9.17) is 0 Å². The highest BCUT2D eigenvalue weighted by Gasteiger charge is 2.17. The van der Waals surface area contributed by atoms with Gasteiger partial charge in [0.1, 0.15) is 0 Å². The van der Waals surface area contributed by atoms with Gasteiger partial charge in [0.05, 0.1) is 33.0 Å². The van der Waals surface area contributed by atoms with Gasteiger partial charge < -0.3 is 9.47 Å². The number of esters is 2. The molecule has 112 valence electrons. The van der Waals surface area contributed by atoms with Crippen LogP contribution in [0.5, 0.6) is 0 Å². The molecule has 0 amide bonds. The smallest absolute Gasteiger partial charge is 0.319 e. The minimum absolute atomic E-state index is 0.0209. The summed E-state index contributed by atoms with van der Waals surface area (Å²) in [6.45, 7) is 0.271. The topological polar surface area (TPSA) is 86.0 Å². The van der Waals surface area contributed by atoms with E-state index in [0.717, 1.165) is 0 Å². The van der Waals surface area contributed by atoms with Crippen LogP contribution >= 0.6 is 0 Å². The Morgan fingerprint density at radius 1 is 1.24 bits per heavy atom. The average Bonchev–Trinajstić information content (AvgIpc) is 2.88. The van der Waals surface area contributed by atoms with E-state index in [0.29, 0.717) is 18.0 Å². The molecule has 0 N–H and O–H groups in total. The molecule has 0 saturated heterocycles. The van der Waals surface area contributed by atoms with Gasteiger partial charge in [-0.15, -0.1) is 0 Å². The summed E-state index contributed by atoms with van der Waals surface area (Å²) >= 11 is 0. The third kappa shape index (κ3) is 3.99. The number of imidazole rings is 1. The van der Waals surface area contributed by atoms with Gasteiger partial charge >= 0.3 is 11.9 Å². The molecule has 0 aliphatic carbocycles. The molecule has 0 spiro atoms. The Morgan fingerprint density at radius 3 is 2.48 bits per heavy atom. The van der Waals surface area contributed by atoms with Crippen LogP contribution in [-0.4, -0.2) is 58.5 Å². The maximum absolute atomic E-state index is 11.4. The highest BCUT2D eigenvalue weighted by molar-refractivity contribution is 5.74. The molecule has 0 aromatic carbocycles. The Labute approximate surface area is 121 Å². The Kier molecular flexibility index (Phi) is 4.83. The molecule has 8 heteroatoms. The first-order chi connectivity index (χ1) is 10.1. The molecule has 8 nitrogen and oxygen atoms in total. The zero-order valence-corrected chi connectivity index (χ0v) is 11.9. The van der Waals surface area contributed by atoms with E-state index in [9.17, 15) is 9.59 Å². The minimum Gasteiger partial charge on any atom is -0.468 e. The highest BCUT2D eigenvalue weighted by Crippen LogP contribution is 2.06. The summed E-state index contributed by atoms with van der Waals surface area (Å²) in [6, 6.07) is 1.79. The van der Waals surface area contributed by atoms with Crippen LogP contribution < -0.4 is 0 Å². The number of aromatic nitrogens is 3. The summed E-state index contributed by atoms with van der Waals surface area (Å²) < 4.78 is 11.0. The third-order valence-electron chi connectivity index (χ3n) is 2.83. The van der Waals surface area contributed by atoms with Crippen molar-refractivity contribution in [2.45, 2.75) is 6.54 Å². The molecular weight excluding hydrogens is 276 g/mol. The normalized spacial score (nSPS) is 10.8. The first-order valence-corrected chi connectivity index (χ1v) is 6.27. The van der Waals surface area contributed by atoms with Crippen molar-refractivity contribution in [3.05, 3.63) is 30.4 Å². The lowest BCUT2D eigenvalue weighted by Gasteiger charge is -2.18. The molecule has 21 heavy (non-hydrogen) atoms. The van der Waals surface area contributed by atoms with Crippen molar-refractivity contribution in [2.75, 3.05) is 27.3 Å². The van der Waals surface area contributed by atoms with E-state index >= 15 is 0 Å². The molecular formula is C13H16N4O4. The maximum atomic E-state index is 11.4. The van der Waals surface area contributed by atoms with E-state index < -0.39 is 11.9 Å². The molecule has 2 rings (SSSR count).